The number of likely N-dealkylation sites (tertiary alicyclic amines) is 2. The van der Waals surface area contributed by atoms with E-state index in [0.717, 1.165) is 72.4 Å². The molecule has 12 heteroatoms. The molecule has 3 aromatic carbocycles. The molecule has 12 nitrogen and oxygen atoms in total. The molecule has 6 heterocycles. The van der Waals surface area contributed by atoms with Gasteiger partial charge in [0.2, 0.25) is 11.8 Å². The molecule has 0 spiro atoms. The molecule has 3 N–H and O–H groups in total. The predicted molar refractivity (Wildman–Crippen MR) is 230 cm³/mol. The number of carbonyl (C=O) groups excluding carboxylic acids is 4. The number of methoxy groups -OCH3 is 1. The number of hydrogen-bond donors (Lipinski definition) is 3. The van der Waals surface area contributed by atoms with Gasteiger partial charge in [0.15, 0.2) is 5.78 Å². The van der Waals surface area contributed by atoms with E-state index in [0.29, 0.717) is 25.9 Å². The number of benzene rings is 3. The van der Waals surface area contributed by atoms with Gasteiger partial charge in [-0.2, -0.15) is 0 Å². The third-order valence-electron chi connectivity index (χ3n) is 13.3. The van der Waals surface area contributed by atoms with E-state index in [1.807, 2.05) is 82.9 Å². The van der Waals surface area contributed by atoms with Crippen molar-refractivity contribution in [2.45, 2.75) is 100 Å². The van der Waals surface area contributed by atoms with Crippen molar-refractivity contribution >= 4 is 46.4 Å². The predicted octanol–water partition coefficient (Wildman–Crippen LogP) is 5.88. The van der Waals surface area contributed by atoms with Crippen LogP contribution in [0.5, 0.6) is 0 Å². The minimum atomic E-state index is -0.631. The summed E-state index contributed by atoms with van der Waals surface area (Å²) in [4.78, 5) is 66.5. The van der Waals surface area contributed by atoms with Crippen LogP contribution in [0.4, 0.5) is 11.4 Å². The summed E-state index contributed by atoms with van der Waals surface area (Å²) in [6.07, 6.45) is 10.5. The average Bonchev–Trinajstić information content (AvgIpc) is 4.14. The van der Waals surface area contributed by atoms with Gasteiger partial charge in [0.05, 0.1) is 49.5 Å². The van der Waals surface area contributed by atoms with Crippen LogP contribution in [0.25, 0.3) is 0 Å². The van der Waals surface area contributed by atoms with Gasteiger partial charge in [-0.1, -0.05) is 66.7 Å². The van der Waals surface area contributed by atoms with Crippen LogP contribution in [-0.2, 0) is 36.8 Å². The first kappa shape index (κ1) is 39.6. The number of aliphatic hydroxyl groups excluding tert-OH is 1. The summed E-state index contributed by atoms with van der Waals surface area (Å²) < 4.78 is 4.97. The number of anilines is 2. The first-order valence-corrected chi connectivity index (χ1v) is 21.4. The highest BCUT2D eigenvalue weighted by atomic mass is 16.5. The Morgan fingerprint density at radius 3 is 1.67 bits per heavy atom. The standard InChI is InChI=1S/C48H52N6O6/c1-60-46(57)24-37(30-12-6-3-7-13-30)48(59)54-17-9-15-45(54)43-22-34(27-50-43)39-20-32-18-31-19-38(51-40(31)25-41(32)52-39)33-21-42(49-26-33)44-14-8-16-53(44)47(58)36(23-35(56)28-55)29-10-4-2-5-11-29/h2-7,10-13,18,25-27,36-39,44-45,51-52,55H,8-9,14-17,19-24,28H2,1H3. The van der Waals surface area contributed by atoms with Gasteiger partial charge in [-0.25, -0.2) is 0 Å². The molecule has 2 fully saturated rings. The molecule has 0 radical (unpaired) electrons. The number of aliphatic imine (C=N–C) groups is 2. The van der Waals surface area contributed by atoms with Crippen molar-refractivity contribution in [2.75, 3.05) is 37.4 Å². The first-order valence-electron chi connectivity index (χ1n) is 21.4. The molecular formula is C48H52N6O6. The van der Waals surface area contributed by atoms with Gasteiger partial charge in [0, 0.05) is 67.6 Å². The Bertz CT molecular complexity index is 2110. The minimum absolute atomic E-state index is 0.00418. The van der Waals surface area contributed by atoms with Crippen LogP contribution in [0.2, 0.25) is 0 Å². The van der Waals surface area contributed by atoms with Crippen molar-refractivity contribution in [1.82, 2.24) is 9.80 Å². The quantitative estimate of drug-likeness (QED) is 0.181. The van der Waals surface area contributed by atoms with Crippen LogP contribution in [0.1, 0.15) is 85.5 Å². The number of rotatable bonds is 13. The molecule has 2 saturated heterocycles. The fourth-order valence-corrected chi connectivity index (χ4v) is 10.2. The van der Waals surface area contributed by atoms with Gasteiger partial charge in [-0.15, -0.1) is 0 Å². The van der Waals surface area contributed by atoms with E-state index in [1.165, 1.54) is 29.4 Å². The Morgan fingerprint density at radius 2 is 1.20 bits per heavy atom. The van der Waals surface area contributed by atoms with Gasteiger partial charge >= 0.3 is 5.97 Å². The largest absolute Gasteiger partial charge is 0.469 e. The van der Waals surface area contributed by atoms with E-state index in [1.54, 1.807) is 0 Å². The highest BCUT2D eigenvalue weighted by Crippen LogP contribution is 2.41. The van der Waals surface area contributed by atoms with Crippen molar-refractivity contribution < 1.29 is 29.0 Å². The van der Waals surface area contributed by atoms with E-state index in [9.17, 15) is 24.3 Å². The molecule has 6 atom stereocenters. The number of hydrogen-bond acceptors (Lipinski definition) is 10. The maximum atomic E-state index is 14.1. The Hall–Kier alpha value is -5.88. The number of fused-ring (bicyclic) bond motifs is 2. The molecule has 60 heavy (non-hydrogen) atoms. The third-order valence-corrected chi connectivity index (χ3v) is 13.3. The molecule has 6 unspecified atom stereocenters. The van der Waals surface area contributed by atoms with Crippen LogP contribution >= 0.6 is 0 Å². The van der Waals surface area contributed by atoms with Crippen LogP contribution in [0.15, 0.2) is 106 Å². The summed E-state index contributed by atoms with van der Waals surface area (Å²) in [7, 11) is 1.36. The van der Waals surface area contributed by atoms with Gasteiger partial charge in [0.25, 0.3) is 0 Å². The molecule has 2 amide bonds. The lowest BCUT2D eigenvalue weighted by atomic mass is 9.91. The molecule has 6 aliphatic rings. The zero-order valence-corrected chi connectivity index (χ0v) is 34.0. The number of esters is 1. The molecule has 0 aliphatic carbocycles. The van der Waals surface area contributed by atoms with Crippen LogP contribution in [0.3, 0.4) is 0 Å². The summed E-state index contributed by atoms with van der Waals surface area (Å²) >= 11 is 0. The van der Waals surface area contributed by atoms with Crippen LogP contribution < -0.4 is 10.6 Å². The van der Waals surface area contributed by atoms with Gasteiger partial charge in [-0.3, -0.25) is 29.2 Å². The Kier molecular flexibility index (Phi) is 11.2. The topological polar surface area (TPSA) is 153 Å². The zero-order chi connectivity index (χ0) is 41.3. The minimum Gasteiger partial charge on any atom is -0.469 e. The van der Waals surface area contributed by atoms with Crippen LogP contribution in [0, 0.1) is 0 Å². The smallest absolute Gasteiger partial charge is 0.306 e. The lowest BCUT2D eigenvalue weighted by Crippen LogP contribution is -2.43. The molecule has 3 aromatic rings. The first-order chi connectivity index (χ1) is 29.3. The number of amides is 2. The highest BCUT2D eigenvalue weighted by Gasteiger charge is 2.41. The fraction of sp³-hybridized carbons (Fsp3) is 0.417. The number of nitrogens with zero attached hydrogens (tertiary/aromatic N) is 4. The Labute approximate surface area is 350 Å². The van der Waals surface area contributed by atoms with E-state index < -0.39 is 24.4 Å². The van der Waals surface area contributed by atoms with E-state index >= 15 is 0 Å². The summed E-state index contributed by atoms with van der Waals surface area (Å²) in [5.74, 6) is -2.10. The molecule has 310 valence electrons. The van der Waals surface area contributed by atoms with Crippen LogP contribution in [-0.4, -0.2) is 101 Å². The highest BCUT2D eigenvalue weighted by molar-refractivity contribution is 6.00. The fourth-order valence-electron chi connectivity index (χ4n) is 10.2. The van der Waals surface area contributed by atoms with Crippen molar-refractivity contribution in [3.05, 3.63) is 119 Å². The van der Waals surface area contributed by atoms with Crippen molar-refractivity contribution in [1.29, 1.82) is 0 Å². The number of aliphatic hydroxyl groups is 1. The van der Waals surface area contributed by atoms with E-state index in [-0.39, 0.29) is 54.6 Å². The second-order valence-corrected chi connectivity index (χ2v) is 17.0. The Morgan fingerprint density at radius 1 is 0.717 bits per heavy atom. The normalized spacial score (nSPS) is 23.8. The number of ether oxygens (including phenoxy) is 1. The molecule has 9 rings (SSSR count). The van der Waals surface area contributed by atoms with E-state index in [4.69, 9.17) is 14.7 Å². The lowest BCUT2D eigenvalue weighted by molar-refractivity contribution is -0.144. The SMILES string of the molecule is COC(=O)CC(C(=O)N1CCCC1C1=NC=C(C2Cc3cc4c(cc3N2)NC(C2=CN=C(C3CCCN3C(=O)C(CC(=O)CO)c3ccccc3)C2)C4)C1)c1ccccc1. The summed E-state index contributed by atoms with van der Waals surface area (Å²) in [6, 6.07) is 23.5. The van der Waals surface area contributed by atoms with Gasteiger partial charge in [0.1, 0.15) is 6.61 Å². The second kappa shape index (κ2) is 17.0. The van der Waals surface area contributed by atoms with Gasteiger partial charge in [-0.05, 0) is 78.0 Å². The van der Waals surface area contributed by atoms with Gasteiger partial charge < -0.3 is 30.3 Å². The third kappa shape index (κ3) is 7.80. The summed E-state index contributed by atoms with van der Waals surface area (Å²) in [5.41, 5.74) is 10.8. The zero-order valence-electron chi connectivity index (χ0n) is 34.0. The number of nitrogens with one attached hydrogen (secondary N) is 2. The summed E-state index contributed by atoms with van der Waals surface area (Å²) in [6.45, 7) is 0.688. The number of Topliss-reactive ketones (excluding diaryl/α,β-unsaturated/α-hetero) is 1. The molecule has 0 aromatic heterocycles. The lowest BCUT2D eigenvalue weighted by Gasteiger charge is -2.29. The summed E-state index contributed by atoms with van der Waals surface area (Å²) in [5, 5.41) is 17.0. The molecular weight excluding hydrogens is 757 g/mol. The van der Waals surface area contributed by atoms with E-state index in [2.05, 4.69) is 22.8 Å². The molecule has 0 saturated carbocycles. The van der Waals surface area contributed by atoms with Crippen molar-refractivity contribution in [2.24, 2.45) is 9.98 Å². The number of ketones is 1. The number of carbonyl (C=O) groups is 4. The maximum absolute atomic E-state index is 14.1. The molecule has 0 bridgehead atoms. The molecule has 6 aliphatic heterocycles. The maximum Gasteiger partial charge on any atom is 0.306 e. The van der Waals surface area contributed by atoms with Crippen molar-refractivity contribution in [3.8, 4) is 0 Å². The Balaban J connectivity index is 0.799. The average molecular weight is 809 g/mol. The van der Waals surface area contributed by atoms with Crippen molar-refractivity contribution in [3.63, 3.8) is 0 Å². The second-order valence-electron chi connectivity index (χ2n) is 17.0. The monoisotopic (exact) mass is 808 g/mol.